The van der Waals surface area contributed by atoms with Gasteiger partial charge in [0.15, 0.2) is 0 Å². The van der Waals surface area contributed by atoms with E-state index in [-0.39, 0.29) is 0 Å². The van der Waals surface area contributed by atoms with E-state index in [1.54, 1.807) is 0 Å². The van der Waals surface area contributed by atoms with Crippen LogP contribution >= 0.6 is 0 Å². The van der Waals surface area contributed by atoms with E-state index in [9.17, 15) is 0 Å². The van der Waals surface area contributed by atoms with Gasteiger partial charge in [-0.15, -0.1) is 0 Å². The van der Waals surface area contributed by atoms with E-state index >= 15 is 0 Å². The zero-order valence-corrected chi connectivity index (χ0v) is 11.2. The summed E-state index contributed by atoms with van der Waals surface area (Å²) < 4.78 is 1.91. The molecule has 1 rings (SSSR count). The lowest BCUT2D eigenvalue weighted by molar-refractivity contribution is 0.447. The highest BCUT2D eigenvalue weighted by Gasteiger charge is 2.15. The maximum atomic E-state index is 4.42. The van der Waals surface area contributed by atoms with Crippen LogP contribution in [0.1, 0.15) is 50.9 Å². The van der Waals surface area contributed by atoms with Crippen LogP contribution in [-0.2, 0) is 7.05 Å². The molecule has 16 heavy (non-hydrogen) atoms. The van der Waals surface area contributed by atoms with Gasteiger partial charge in [0.25, 0.3) is 0 Å². The Kier molecular flexibility index (Phi) is 5.00. The molecular weight excluding hydrogens is 198 g/mol. The summed E-state index contributed by atoms with van der Waals surface area (Å²) in [6, 6.07) is 0.459. The second-order valence-electron chi connectivity index (χ2n) is 4.92. The second kappa shape index (κ2) is 6.04. The molecule has 0 amide bonds. The molecule has 0 aliphatic rings. The molecule has 0 aliphatic heterocycles. The predicted molar refractivity (Wildman–Crippen MR) is 68.4 cm³/mol. The highest BCUT2D eigenvalue weighted by atomic mass is 15.3. The van der Waals surface area contributed by atoms with E-state index in [2.05, 4.69) is 44.3 Å². The molecule has 3 heteroatoms. The number of aryl methyl sites for hydroxylation is 2. The van der Waals surface area contributed by atoms with Gasteiger partial charge in [-0.05, 0) is 32.2 Å². The summed E-state index contributed by atoms with van der Waals surface area (Å²) in [7, 11) is 1.99. The Hall–Kier alpha value is -0.830. The lowest BCUT2D eigenvalue weighted by atomic mass is 9.98. The van der Waals surface area contributed by atoms with E-state index < -0.39 is 0 Å². The van der Waals surface area contributed by atoms with Crippen molar-refractivity contribution >= 4 is 0 Å². The summed E-state index contributed by atoms with van der Waals surface area (Å²) in [6.07, 6.45) is 4.59. The molecule has 1 aromatic rings. The van der Waals surface area contributed by atoms with Crippen LogP contribution in [0.4, 0.5) is 0 Å². The van der Waals surface area contributed by atoms with Crippen molar-refractivity contribution in [2.24, 2.45) is 13.0 Å². The molecule has 1 heterocycles. The molecular formula is C13H25N3. The largest absolute Gasteiger partial charge is 0.310 e. The van der Waals surface area contributed by atoms with Crippen LogP contribution < -0.4 is 5.32 Å². The normalized spacial score (nSPS) is 13.4. The molecule has 92 valence electrons. The first-order chi connectivity index (χ1) is 7.54. The first kappa shape index (κ1) is 13.2. The van der Waals surface area contributed by atoms with Crippen LogP contribution in [0, 0.1) is 12.8 Å². The lowest BCUT2D eigenvalue weighted by Gasteiger charge is -2.18. The average molecular weight is 223 g/mol. The number of nitrogens with one attached hydrogen (secondary N) is 1. The third kappa shape index (κ3) is 3.63. The van der Waals surface area contributed by atoms with Crippen LogP contribution in [0.3, 0.4) is 0 Å². The Morgan fingerprint density at radius 3 is 2.50 bits per heavy atom. The molecule has 1 unspecified atom stereocenters. The first-order valence-electron chi connectivity index (χ1n) is 6.28. The van der Waals surface area contributed by atoms with Gasteiger partial charge in [0.05, 0.1) is 5.69 Å². The molecule has 0 saturated carbocycles. The van der Waals surface area contributed by atoms with Gasteiger partial charge in [0.2, 0.25) is 0 Å². The third-order valence-corrected chi connectivity index (χ3v) is 2.91. The summed E-state index contributed by atoms with van der Waals surface area (Å²) in [4.78, 5) is 0. The van der Waals surface area contributed by atoms with Gasteiger partial charge < -0.3 is 5.32 Å². The van der Waals surface area contributed by atoms with Crippen LogP contribution in [0.5, 0.6) is 0 Å². The van der Waals surface area contributed by atoms with E-state index in [4.69, 9.17) is 0 Å². The minimum atomic E-state index is 0.459. The van der Waals surface area contributed by atoms with Crippen molar-refractivity contribution in [1.82, 2.24) is 15.1 Å². The molecule has 1 atom stereocenters. The Morgan fingerprint density at radius 1 is 1.38 bits per heavy atom. The fourth-order valence-electron chi connectivity index (χ4n) is 2.07. The van der Waals surface area contributed by atoms with Crippen molar-refractivity contribution < 1.29 is 0 Å². The average Bonchev–Trinajstić information content (AvgIpc) is 2.52. The minimum Gasteiger partial charge on any atom is -0.310 e. The topological polar surface area (TPSA) is 29.9 Å². The molecule has 0 aromatic carbocycles. The third-order valence-electron chi connectivity index (χ3n) is 2.91. The Balaban J connectivity index is 2.72. The van der Waals surface area contributed by atoms with Crippen LogP contribution in [0.15, 0.2) is 6.20 Å². The SMILES string of the molecule is CCNC(CCC(C)C)c1cn(C)nc1C. The van der Waals surface area contributed by atoms with Gasteiger partial charge in [-0.25, -0.2) is 0 Å². The van der Waals surface area contributed by atoms with Crippen molar-refractivity contribution in [1.29, 1.82) is 0 Å². The molecule has 0 fully saturated rings. The molecule has 1 aromatic heterocycles. The summed E-state index contributed by atoms with van der Waals surface area (Å²) in [5.41, 5.74) is 2.50. The number of aromatic nitrogens is 2. The first-order valence-corrected chi connectivity index (χ1v) is 6.28. The minimum absolute atomic E-state index is 0.459. The summed E-state index contributed by atoms with van der Waals surface area (Å²) in [5, 5.41) is 7.97. The van der Waals surface area contributed by atoms with Gasteiger partial charge >= 0.3 is 0 Å². The number of hydrogen-bond donors (Lipinski definition) is 1. The molecule has 0 saturated heterocycles. The van der Waals surface area contributed by atoms with E-state index in [0.717, 1.165) is 18.2 Å². The molecule has 0 bridgehead atoms. The Morgan fingerprint density at radius 2 is 2.06 bits per heavy atom. The number of nitrogens with zero attached hydrogens (tertiary/aromatic N) is 2. The zero-order chi connectivity index (χ0) is 12.1. The summed E-state index contributed by atoms with van der Waals surface area (Å²) >= 11 is 0. The molecule has 0 aliphatic carbocycles. The van der Waals surface area contributed by atoms with Crippen molar-refractivity contribution in [3.63, 3.8) is 0 Å². The number of hydrogen-bond acceptors (Lipinski definition) is 2. The predicted octanol–water partition coefficient (Wildman–Crippen LogP) is 2.82. The summed E-state index contributed by atoms with van der Waals surface area (Å²) in [6.45, 7) is 9.82. The Bertz CT molecular complexity index is 315. The van der Waals surface area contributed by atoms with Crippen molar-refractivity contribution in [2.45, 2.75) is 46.6 Å². The zero-order valence-electron chi connectivity index (χ0n) is 11.2. The molecule has 1 N–H and O–H groups in total. The monoisotopic (exact) mass is 223 g/mol. The van der Waals surface area contributed by atoms with Crippen LogP contribution in [0.2, 0.25) is 0 Å². The van der Waals surface area contributed by atoms with Crippen molar-refractivity contribution in [2.75, 3.05) is 6.54 Å². The quantitative estimate of drug-likeness (QED) is 0.803. The maximum absolute atomic E-state index is 4.42. The second-order valence-corrected chi connectivity index (χ2v) is 4.92. The smallest absolute Gasteiger partial charge is 0.0641 e. The van der Waals surface area contributed by atoms with Gasteiger partial charge in [0, 0.05) is 24.8 Å². The molecule has 0 spiro atoms. The standard InChI is InChI=1S/C13H25N3/c1-6-14-13(8-7-10(2)3)12-9-16(5)15-11(12)4/h9-10,13-14H,6-8H2,1-5H3. The van der Waals surface area contributed by atoms with Gasteiger partial charge in [-0.3, -0.25) is 4.68 Å². The lowest BCUT2D eigenvalue weighted by Crippen LogP contribution is -2.21. The van der Waals surface area contributed by atoms with Gasteiger partial charge in [0.1, 0.15) is 0 Å². The van der Waals surface area contributed by atoms with Crippen LogP contribution in [0.25, 0.3) is 0 Å². The van der Waals surface area contributed by atoms with E-state index in [1.807, 2.05) is 11.7 Å². The van der Waals surface area contributed by atoms with Gasteiger partial charge in [-0.1, -0.05) is 20.8 Å². The van der Waals surface area contributed by atoms with Gasteiger partial charge in [-0.2, -0.15) is 5.10 Å². The van der Waals surface area contributed by atoms with E-state index in [1.165, 1.54) is 18.4 Å². The van der Waals surface area contributed by atoms with Crippen molar-refractivity contribution in [3.8, 4) is 0 Å². The number of rotatable bonds is 6. The highest BCUT2D eigenvalue weighted by molar-refractivity contribution is 5.19. The Labute approximate surface area is 99.2 Å². The fourth-order valence-corrected chi connectivity index (χ4v) is 2.07. The highest BCUT2D eigenvalue weighted by Crippen LogP contribution is 2.22. The molecule has 3 nitrogen and oxygen atoms in total. The summed E-state index contributed by atoms with van der Waals surface area (Å²) in [5.74, 6) is 0.762. The maximum Gasteiger partial charge on any atom is 0.0641 e. The van der Waals surface area contributed by atoms with Crippen molar-refractivity contribution in [3.05, 3.63) is 17.5 Å². The van der Waals surface area contributed by atoms with E-state index in [0.29, 0.717) is 6.04 Å². The van der Waals surface area contributed by atoms with Crippen LogP contribution in [-0.4, -0.2) is 16.3 Å². The molecule has 0 radical (unpaired) electrons. The fraction of sp³-hybridized carbons (Fsp3) is 0.769.